The molecule has 3 aromatic rings. The number of hydrogen-bond acceptors (Lipinski definition) is 5. The number of carbonyl (C=O) groups excluding carboxylic acids is 1. The second-order valence-electron chi connectivity index (χ2n) is 7.19. The Morgan fingerprint density at radius 1 is 1.31 bits per heavy atom. The maximum Gasteiger partial charge on any atom is 0.292 e. The van der Waals surface area contributed by atoms with Gasteiger partial charge in [-0.3, -0.25) is 9.69 Å². The highest BCUT2D eigenvalue weighted by Gasteiger charge is 2.32. The van der Waals surface area contributed by atoms with E-state index < -0.39 is 0 Å². The molecule has 1 aliphatic carbocycles. The van der Waals surface area contributed by atoms with Gasteiger partial charge in [0.2, 0.25) is 5.89 Å². The van der Waals surface area contributed by atoms with Crippen LogP contribution in [0.3, 0.4) is 0 Å². The van der Waals surface area contributed by atoms with Crippen LogP contribution in [-0.4, -0.2) is 38.5 Å². The number of benzene rings is 1. The molecule has 1 saturated carbocycles. The van der Waals surface area contributed by atoms with Crippen molar-refractivity contribution in [2.24, 2.45) is 0 Å². The first-order valence-electron chi connectivity index (χ1n) is 9.21. The lowest BCUT2D eigenvalue weighted by atomic mass is 10.1. The average Bonchev–Trinajstić information content (AvgIpc) is 3.09. The Labute approximate surface area is 150 Å². The Morgan fingerprint density at radius 2 is 2.23 bits per heavy atom. The van der Waals surface area contributed by atoms with E-state index in [1.54, 1.807) is 0 Å². The second kappa shape index (κ2) is 6.25. The van der Waals surface area contributed by atoms with Gasteiger partial charge in [-0.2, -0.15) is 4.98 Å². The van der Waals surface area contributed by atoms with Crippen LogP contribution in [0.15, 0.2) is 35.0 Å². The minimum atomic E-state index is -0.232. The van der Waals surface area contributed by atoms with Crippen molar-refractivity contribution < 1.29 is 9.32 Å². The number of likely N-dealkylation sites (tertiary alicyclic amines) is 1. The lowest BCUT2D eigenvalue weighted by molar-refractivity contribution is 0.0937. The smallest absolute Gasteiger partial charge is 0.292 e. The van der Waals surface area contributed by atoms with E-state index in [1.807, 2.05) is 6.20 Å². The van der Waals surface area contributed by atoms with E-state index in [-0.39, 0.29) is 23.8 Å². The second-order valence-corrected chi connectivity index (χ2v) is 7.19. The van der Waals surface area contributed by atoms with Gasteiger partial charge < -0.3 is 14.8 Å². The predicted octanol–water partition coefficient (Wildman–Crippen LogP) is 2.78. The van der Waals surface area contributed by atoms with E-state index in [0.717, 1.165) is 44.3 Å². The highest BCUT2D eigenvalue weighted by atomic mass is 16.5. The number of fused-ring (bicyclic) bond motifs is 1. The van der Waals surface area contributed by atoms with Gasteiger partial charge in [0.1, 0.15) is 0 Å². The molecular formula is C19H21N5O2. The average molecular weight is 351 g/mol. The summed E-state index contributed by atoms with van der Waals surface area (Å²) in [6.07, 6.45) is 6.10. The van der Waals surface area contributed by atoms with Gasteiger partial charge in [-0.05, 0) is 49.9 Å². The van der Waals surface area contributed by atoms with E-state index in [4.69, 9.17) is 4.52 Å². The number of nitrogens with zero attached hydrogens (tertiary/aromatic N) is 3. The lowest BCUT2D eigenvalue weighted by Crippen LogP contribution is -2.27. The molecule has 1 aromatic carbocycles. The number of aromatic nitrogens is 3. The number of hydrogen-bond donors (Lipinski definition) is 2. The third-order valence-electron chi connectivity index (χ3n) is 5.26. The molecular weight excluding hydrogens is 330 g/mol. The van der Waals surface area contributed by atoms with Gasteiger partial charge >= 0.3 is 0 Å². The number of H-pyrrole nitrogens is 1. The summed E-state index contributed by atoms with van der Waals surface area (Å²) < 4.78 is 5.44. The van der Waals surface area contributed by atoms with E-state index in [0.29, 0.717) is 5.89 Å². The molecule has 3 heterocycles. The van der Waals surface area contributed by atoms with Crippen LogP contribution in [0.25, 0.3) is 10.9 Å². The SMILES string of the molecule is O=C(NC1CC1)c1noc([C@H]2CCCN2Cc2cccc3[nH]ccc23)n1. The number of carbonyl (C=O) groups is 1. The monoisotopic (exact) mass is 351 g/mol. The van der Waals surface area contributed by atoms with Gasteiger partial charge in [0.15, 0.2) is 0 Å². The molecule has 7 heteroatoms. The third kappa shape index (κ3) is 2.88. The first kappa shape index (κ1) is 15.6. The van der Waals surface area contributed by atoms with Crippen LogP contribution < -0.4 is 5.32 Å². The van der Waals surface area contributed by atoms with E-state index in [2.05, 4.69) is 49.6 Å². The minimum Gasteiger partial charge on any atom is -0.361 e. The van der Waals surface area contributed by atoms with Crippen LogP contribution in [0.1, 0.15) is 53.8 Å². The summed E-state index contributed by atoms with van der Waals surface area (Å²) >= 11 is 0. The molecule has 1 aliphatic heterocycles. The van der Waals surface area contributed by atoms with Gasteiger partial charge in [0.05, 0.1) is 6.04 Å². The van der Waals surface area contributed by atoms with Gasteiger partial charge in [-0.1, -0.05) is 17.3 Å². The number of nitrogens with one attached hydrogen (secondary N) is 2. The molecule has 134 valence electrons. The Morgan fingerprint density at radius 3 is 3.12 bits per heavy atom. The molecule has 0 unspecified atom stereocenters. The molecule has 1 saturated heterocycles. The molecule has 0 spiro atoms. The molecule has 2 N–H and O–H groups in total. The van der Waals surface area contributed by atoms with E-state index in [9.17, 15) is 4.79 Å². The standard InChI is InChI=1S/C19H21N5O2/c25-18(21-13-6-7-13)17-22-19(26-23-17)16-5-2-10-24(16)11-12-3-1-4-15-14(12)8-9-20-15/h1,3-4,8-9,13,16,20H,2,5-7,10-11H2,(H,21,25)/t16-/m1/s1. The summed E-state index contributed by atoms with van der Waals surface area (Å²) in [6, 6.07) is 8.79. The molecule has 2 aliphatic rings. The third-order valence-corrected chi connectivity index (χ3v) is 5.26. The van der Waals surface area contributed by atoms with Gasteiger partial charge in [-0.25, -0.2) is 0 Å². The number of amides is 1. The summed E-state index contributed by atoms with van der Waals surface area (Å²) in [5.74, 6) is 0.459. The molecule has 1 atom stereocenters. The number of rotatable bonds is 5. The molecule has 1 amide bonds. The Kier molecular flexibility index (Phi) is 3.74. The molecule has 7 nitrogen and oxygen atoms in total. The number of aromatic amines is 1. The summed E-state index contributed by atoms with van der Waals surface area (Å²) in [5, 5.41) is 8.04. The predicted molar refractivity (Wildman–Crippen MR) is 95.5 cm³/mol. The maximum atomic E-state index is 12.1. The maximum absolute atomic E-state index is 12.1. The quantitative estimate of drug-likeness (QED) is 0.738. The zero-order valence-electron chi connectivity index (χ0n) is 14.4. The van der Waals surface area contributed by atoms with Crippen molar-refractivity contribution in [1.29, 1.82) is 0 Å². The normalized spacial score (nSPS) is 20.7. The summed E-state index contributed by atoms with van der Waals surface area (Å²) in [5.41, 5.74) is 2.43. The van der Waals surface area contributed by atoms with Crippen LogP contribution in [0, 0.1) is 0 Å². The fraction of sp³-hybridized carbons (Fsp3) is 0.421. The van der Waals surface area contributed by atoms with Crippen LogP contribution >= 0.6 is 0 Å². The van der Waals surface area contributed by atoms with Crippen LogP contribution in [0.2, 0.25) is 0 Å². The van der Waals surface area contributed by atoms with Gasteiger partial charge in [-0.15, -0.1) is 0 Å². The van der Waals surface area contributed by atoms with E-state index >= 15 is 0 Å². The van der Waals surface area contributed by atoms with Gasteiger partial charge in [0, 0.05) is 29.7 Å². The van der Waals surface area contributed by atoms with Crippen molar-refractivity contribution >= 4 is 16.8 Å². The summed E-state index contributed by atoms with van der Waals surface area (Å²) in [6.45, 7) is 1.81. The minimum absolute atomic E-state index is 0.0687. The molecule has 5 rings (SSSR count). The fourth-order valence-electron chi connectivity index (χ4n) is 3.74. The first-order chi connectivity index (χ1) is 12.8. The first-order valence-corrected chi connectivity index (χ1v) is 9.21. The van der Waals surface area contributed by atoms with Crippen LogP contribution in [0.5, 0.6) is 0 Å². The highest BCUT2D eigenvalue weighted by molar-refractivity contribution is 5.90. The lowest BCUT2D eigenvalue weighted by Gasteiger charge is -2.21. The molecule has 2 aromatic heterocycles. The Bertz CT molecular complexity index is 942. The molecule has 0 bridgehead atoms. The largest absolute Gasteiger partial charge is 0.361 e. The summed E-state index contributed by atoms with van der Waals surface area (Å²) in [7, 11) is 0. The van der Waals surface area contributed by atoms with Crippen molar-refractivity contribution in [3.8, 4) is 0 Å². The molecule has 26 heavy (non-hydrogen) atoms. The fourth-order valence-corrected chi connectivity index (χ4v) is 3.74. The van der Waals surface area contributed by atoms with Crippen LogP contribution in [-0.2, 0) is 6.54 Å². The van der Waals surface area contributed by atoms with E-state index in [1.165, 1.54) is 10.9 Å². The Balaban J connectivity index is 1.35. The van der Waals surface area contributed by atoms with Crippen molar-refractivity contribution in [2.75, 3.05) is 6.54 Å². The van der Waals surface area contributed by atoms with Crippen molar-refractivity contribution in [1.82, 2.24) is 25.3 Å². The molecule has 0 radical (unpaired) electrons. The topological polar surface area (TPSA) is 87.0 Å². The van der Waals surface area contributed by atoms with Crippen LogP contribution in [0.4, 0.5) is 0 Å². The van der Waals surface area contributed by atoms with Crippen molar-refractivity contribution in [3.63, 3.8) is 0 Å². The summed E-state index contributed by atoms with van der Waals surface area (Å²) in [4.78, 5) is 22.1. The zero-order chi connectivity index (χ0) is 17.5. The molecule has 2 fully saturated rings. The van der Waals surface area contributed by atoms with Gasteiger partial charge in [0.25, 0.3) is 11.7 Å². The Hall–Kier alpha value is -2.67. The van der Waals surface area contributed by atoms with Crippen molar-refractivity contribution in [2.45, 2.75) is 44.3 Å². The van der Waals surface area contributed by atoms with Crippen molar-refractivity contribution in [3.05, 3.63) is 47.7 Å². The zero-order valence-corrected chi connectivity index (χ0v) is 14.4. The highest BCUT2D eigenvalue weighted by Crippen LogP contribution is 2.33.